The fraction of sp³-hybridized carbons (Fsp3) is 0.471. The maximum absolute atomic E-state index is 12.4. The van der Waals surface area contributed by atoms with Crippen LogP contribution in [0, 0.1) is 5.92 Å². The molecule has 0 aromatic heterocycles. The van der Waals surface area contributed by atoms with E-state index in [9.17, 15) is 14.4 Å². The van der Waals surface area contributed by atoms with Gasteiger partial charge in [0.2, 0.25) is 0 Å². The summed E-state index contributed by atoms with van der Waals surface area (Å²) in [6, 6.07) is 6.55. The van der Waals surface area contributed by atoms with Gasteiger partial charge in [-0.05, 0) is 43.5 Å². The number of carboxylic acids is 1. The van der Waals surface area contributed by atoms with Crippen molar-refractivity contribution < 1.29 is 19.5 Å². The molecule has 132 valence electrons. The van der Waals surface area contributed by atoms with Gasteiger partial charge in [-0.15, -0.1) is 0 Å². The van der Waals surface area contributed by atoms with Crippen LogP contribution in [0.2, 0.25) is 0 Å². The van der Waals surface area contributed by atoms with E-state index in [0.29, 0.717) is 12.1 Å². The van der Waals surface area contributed by atoms with Gasteiger partial charge in [-0.3, -0.25) is 9.59 Å². The second-order valence-electron chi connectivity index (χ2n) is 6.33. The Morgan fingerprint density at radius 3 is 2.25 bits per heavy atom. The Morgan fingerprint density at radius 1 is 1.17 bits per heavy atom. The zero-order valence-electron chi connectivity index (χ0n) is 14.1. The van der Waals surface area contributed by atoms with Gasteiger partial charge in [-0.1, -0.05) is 29.8 Å². The predicted octanol–water partition coefficient (Wildman–Crippen LogP) is 3.81. The Labute approximate surface area is 150 Å². The average molecular weight is 399 g/mol. The Hall–Kier alpha value is -1.89. The molecule has 1 aromatic carbocycles. The topological polar surface area (TPSA) is 95.5 Å². The molecule has 0 aliphatic carbocycles. The lowest BCUT2D eigenvalue weighted by Gasteiger charge is -2.31. The second kappa shape index (κ2) is 8.82. The highest BCUT2D eigenvalue weighted by molar-refractivity contribution is 9.10. The monoisotopic (exact) mass is 398 g/mol. The lowest BCUT2D eigenvalue weighted by atomic mass is 9.85. The molecule has 7 heteroatoms. The summed E-state index contributed by atoms with van der Waals surface area (Å²) in [5.41, 5.74) is -0.510. The number of ketones is 1. The third kappa shape index (κ3) is 6.70. The van der Waals surface area contributed by atoms with Crippen molar-refractivity contribution in [2.45, 2.75) is 45.6 Å². The first-order valence-electron chi connectivity index (χ1n) is 7.72. The van der Waals surface area contributed by atoms with Gasteiger partial charge in [-0.25, -0.2) is 4.79 Å². The third-order valence-corrected chi connectivity index (χ3v) is 4.02. The van der Waals surface area contributed by atoms with Gasteiger partial charge >= 0.3 is 12.0 Å². The number of hydrogen-bond donors (Lipinski definition) is 3. The SMILES string of the molecule is CC(C)CC(C)(NC(=O)Nc1ccc(Br)cc1)C(=O)CCC(=O)O. The van der Waals surface area contributed by atoms with Gasteiger partial charge in [0.05, 0.1) is 12.0 Å². The Bertz CT molecular complexity index is 601. The van der Waals surface area contributed by atoms with Crippen molar-refractivity contribution in [3.63, 3.8) is 0 Å². The molecular weight excluding hydrogens is 376 g/mol. The summed E-state index contributed by atoms with van der Waals surface area (Å²) in [5.74, 6) is -1.16. The minimum absolute atomic E-state index is 0.114. The molecule has 0 fully saturated rings. The number of Topliss-reactive ketones (excluding diaryl/α,β-unsaturated/α-hetero) is 1. The molecule has 0 saturated carbocycles. The molecule has 1 aromatic rings. The summed E-state index contributed by atoms with van der Waals surface area (Å²) in [6.07, 6.45) is 0.0683. The maximum atomic E-state index is 12.4. The number of urea groups is 1. The lowest BCUT2D eigenvalue weighted by Crippen LogP contribution is -2.54. The van der Waals surface area contributed by atoms with Crippen molar-refractivity contribution in [1.29, 1.82) is 0 Å². The van der Waals surface area contributed by atoms with Crippen molar-refractivity contribution >= 4 is 39.4 Å². The van der Waals surface area contributed by atoms with Crippen molar-refractivity contribution in [3.05, 3.63) is 28.7 Å². The number of anilines is 1. The number of nitrogens with one attached hydrogen (secondary N) is 2. The van der Waals surface area contributed by atoms with E-state index in [1.54, 1.807) is 31.2 Å². The number of aliphatic carboxylic acids is 1. The van der Waals surface area contributed by atoms with E-state index in [-0.39, 0.29) is 24.5 Å². The number of benzene rings is 1. The first-order valence-corrected chi connectivity index (χ1v) is 8.51. The molecule has 1 unspecified atom stereocenters. The standard InChI is InChI=1S/C17H23BrN2O4/c1-11(2)10-17(3,14(21)8-9-15(22)23)20-16(24)19-13-6-4-12(18)5-7-13/h4-7,11H,8-10H2,1-3H3,(H,22,23)(H2,19,20,24). The van der Waals surface area contributed by atoms with Crippen LogP contribution >= 0.6 is 15.9 Å². The van der Waals surface area contributed by atoms with Gasteiger partial charge < -0.3 is 15.7 Å². The second-order valence-corrected chi connectivity index (χ2v) is 7.25. The van der Waals surface area contributed by atoms with Crippen LogP contribution in [0.4, 0.5) is 10.5 Å². The predicted molar refractivity (Wildman–Crippen MR) is 96.0 cm³/mol. The molecule has 0 saturated heterocycles. The smallest absolute Gasteiger partial charge is 0.320 e. The first-order chi connectivity index (χ1) is 11.1. The number of carbonyl (C=O) groups excluding carboxylic acids is 2. The van der Waals surface area contributed by atoms with Crippen LogP contribution in [0.1, 0.15) is 40.0 Å². The van der Waals surface area contributed by atoms with Gasteiger partial charge in [-0.2, -0.15) is 0 Å². The quantitative estimate of drug-likeness (QED) is 0.620. The van der Waals surface area contributed by atoms with Crippen LogP contribution in [0.15, 0.2) is 28.7 Å². The molecule has 24 heavy (non-hydrogen) atoms. The molecule has 1 atom stereocenters. The molecule has 0 spiro atoms. The fourth-order valence-corrected chi connectivity index (χ4v) is 2.76. The number of hydrogen-bond acceptors (Lipinski definition) is 3. The molecule has 0 aliphatic rings. The Morgan fingerprint density at radius 2 is 1.75 bits per heavy atom. The summed E-state index contributed by atoms with van der Waals surface area (Å²) in [4.78, 5) is 35.3. The Kier molecular flexibility index (Phi) is 7.41. The van der Waals surface area contributed by atoms with Crippen molar-refractivity contribution in [2.75, 3.05) is 5.32 Å². The summed E-state index contributed by atoms with van der Waals surface area (Å²) in [5, 5.41) is 14.1. The van der Waals surface area contributed by atoms with Crippen LogP contribution < -0.4 is 10.6 Å². The number of carbonyl (C=O) groups is 3. The zero-order valence-corrected chi connectivity index (χ0v) is 15.6. The molecule has 3 N–H and O–H groups in total. The van der Waals surface area contributed by atoms with Gasteiger partial charge in [0, 0.05) is 16.6 Å². The van der Waals surface area contributed by atoms with E-state index in [1.165, 1.54) is 0 Å². The maximum Gasteiger partial charge on any atom is 0.320 e. The summed E-state index contributed by atoms with van der Waals surface area (Å²) in [6.45, 7) is 5.52. The minimum atomic E-state index is -1.11. The number of halogens is 1. The molecule has 2 amide bonds. The zero-order chi connectivity index (χ0) is 18.3. The third-order valence-electron chi connectivity index (χ3n) is 3.49. The summed E-state index contributed by atoms with van der Waals surface area (Å²) in [7, 11) is 0. The molecule has 1 rings (SSSR count). The summed E-state index contributed by atoms with van der Waals surface area (Å²) >= 11 is 3.31. The largest absolute Gasteiger partial charge is 0.481 e. The lowest BCUT2D eigenvalue weighted by molar-refractivity contribution is -0.139. The van der Waals surface area contributed by atoms with E-state index in [1.807, 2.05) is 13.8 Å². The molecule has 0 heterocycles. The van der Waals surface area contributed by atoms with E-state index in [0.717, 1.165) is 4.47 Å². The number of amides is 2. The van der Waals surface area contributed by atoms with Gasteiger partial charge in [0.1, 0.15) is 0 Å². The van der Waals surface area contributed by atoms with Gasteiger partial charge in [0.15, 0.2) is 5.78 Å². The highest BCUT2D eigenvalue weighted by Gasteiger charge is 2.35. The Balaban J connectivity index is 2.79. The first kappa shape index (κ1) is 20.2. The van der Waals surface area contributed by atoms with E-state index >= 15 is 0 Å². The van der Waals surface area contributed by atoms with E-state index in [4.69, 9.17) is 5.11 Å². The van der Waals surface area contributed by atoms with Crippen molar-refractivity contribution in [2.24, 2.45) is 5.92 Å². The van der Waals surface area contributed by atoms with Crippen LogP contribution in [-0.2, 0) is 9.59 Å². The van der Waals surface area contributed by atoms with E-state index in [2.05, 4.69) is 26.6 Å². The van der Waals surface area contributed by atoms with E-state index < -0.39 is 17.5 Å². The number of rotatable bonds is 8. The van der Waals surface area contributed by atoms with Crippen LogP contribution in [0.25, 0.3) is 0 Å². The van der Waals surface area contributed by atoms with Crippen LogP contribution in [0.5, 0.6) is 0 Å². The molecule has 0 aliphatic heterocycles. The molecule has 0 bridgehead atoms. The minimum Gasteiger partial charge on any atom is -0.481 e. The highest BCUT2D eigenvalue weighted by Crippen LogP contribution is 2.21. The van der Waals surface area contributed by atoms with Crippen molar-refractivity contribution in [3.8, 4) is 0 Å². The number of carboxylic acid groups (broad SMARTS) is 1. The van der Waals surface area contributed by atoms with Crippen molar-refractivity contribution in [1.82, 2.24) is 5.32 Å². The molecular formula is C17H23BrN2O4. The van der Waals surface area contributed by atoms with Gasteiger partial charge in [0.25, 0.3) is 0 Å². The highest BCUT2D eigenvalue weighted by atomic mass is 79.9. The van der Waals surface area contributed by atoms with Crippen LogP contribution in [0.3, 0.4) is 0 Å². The average Bonchev–Trinajstić information content (AvgIpc) is 2.46. The van der Waals surface area contributed by atoms with Crippen LogP contribution in [-0.4, -0.2) is 28.4 Å². The normalized spacial score (nSPS) is 13.2. The molecule has 0 radical (unpaired) electrons. The molecule has 6 nitrogen and oxygen atoms in total. The summed E-state index contributed by atoms with van der Waals surface area (Å²) < 4.78 is 0.891. The fourth-order valence-electron chi connectivity index (χ4n) is 2.49.